The van der Waals surface area contributed by atoms with E-state index in [0.29, 0.717) is 0 Å². The minimum absolute atomic E-state index is 0.137. The highest BCUT2D eigenvalue weighted by molar-refractivity contribution is 7.03. The number of hydrogen-bond acceptors (Lipinski definition) is 4. The second-order valence-corrected chi connectivity index (χ2v) is 2.97. The second kappa shape index (κ2) is 5.82. The molecule has 0 spiro atoms. The Kier molecular flexibility index (Phi) is 4.30. The number of aromatic nitrogens is 1. The molecule has 2 rings (SSSR count). The Morgan fingerprint density at radius 3 is 2.21 bits per heavy atom. The van der Waals surface area contributed by atoms with E-state index in [4.69, 9.17) is 0 Å². The van der Waals surface area contributed by atoms with Crippen LogP contribution in [0.15, 0.2) is 48.0 Å². The fourth-order valence-electron chi connectivity index (χ4n) is 0.725. The highest BCUT2D eigenvalue weighted by atomic mass is 32.1. The van der Waals surface area contributed by atoms with Crippen molar-refractivity contribution in [2.24, 2.45) is 0 Å². The molecule has 0 aliphatic rings. The topological polar surface area (TPSA) is 56.0 Å². The maximum Gasteiger partial charge on any atom is 0.269 e. The molecule has 0 aliphatic carbocycles. The van der Waals surface area contributed by atoms with E-state index in [-0.39, 0.29) is 5.69 Å². The summed E-state index contributed by atoms with van der Waals surface area (Å²) in [4.78, 5) is 9.59. The molecule has 0 amide bonds. The molecule has 72 valence electrons. The average molecular weight is 208 g/mol. The van der Waals surface area contributed by atoms with Gasteiger partial charge in [0.25, 0.3) is 5.69 Å². The van der Waals surface area contributed by atoms with Crippen molar-refractivity contribution in [2.45, 2.75) is 0 Å². The SMILES string of the molecule is O=[N+]([O-])c1ccccc1.c1cnsc1. The highest BCUT2D eigenvalue weighted by Gasteiger charge is 1.98. The Morgan fingerprint density at radius 2 is 1.93 bits per heavy atom. The maximum absolute atomic E-state index is 10.0. The number of benzene rings is 1. The predicted molar refractivity (Wildman–Crippen MR) is 55.2 cm³/mol. The van der Waals surface area contributed by atoms with Gasteiger partial charge in [0.1, 0.15) is 0 Å². The van der Waals surface area contributed by atoms with Crippen LogP contribution in [-0.4, -0.2) is 9.30 Å². The van der Waals surface area contributed by atoms with E-state index >= 15 is 0 Å². The van der Waals surface area contributed by atoms with E-state index in [0.717, 1.165) is 0 Å². The zero-order chi connectivity index (χ0) is 10.2. The van der Waals surface area contributed by atoms with E-state index in [9.17, 15) is 10.1 Å². The van der Waals surface area contributed by atoms with Crippen LogP contribution in [0.25, 0.3) is 0 Å². The van der Waals surface area contributed by atoms with Gasteiger partial charge < -0.3 is 0 Å². The minimum Gasteiger partial charge on any atom is -0.258 e. The summed E-state index contributed by atoms with van der Waals surface area (Å²) in [6, 6.07) is 9.84. The summed E-state index contributed by atoms with van der Waals surface area (Å²) in [6.45, 7) is 0. The van der Waals surface area contributed by atoms with Crippen molar-refractivity contribution >= 4 is 17.2 Å². The van der Waals surface area contributed by atoms with E-state index in [2.05, 4.69) is 4.37 Å². The summed E-state index contributed by atoms with van der Waals surface area (Å²) in [5, 5.41) is 11.9. The van der Waals surface area contributed by atoms with Gasteiger partial charge in [-0.1, -0.05) is 18.2 Å². The first-order valence-electron chi connectivity index (χ1n) is 3.84. The van der Waals surface area contributed by atoms with Crippen LogP contribution in [-0.2, 0) is 0 Å². The summed E-state index contributed by atoms with van der Waals surface area (Å²) in [5.41, 5.74) is 0.137. The normalized spacial score (nSPS) is 8.57. The third-order valence-corrected chi connectivity index (χ3v) is 1.84. The molecule has 0 aliphatic heterocycles. The zero-order valence-electron chi connectivity index (χ0n) is 7.24. The predicted octanol–water partition coefficient (Wildman–Crippen LogP) is 2.74. The van der Waals surface area contributed by atoms with Gasteiger partial charge in [0, 0.05) is 23.7 Å². The summed E-state index contributed by atoms with van der Waals surface area (Å²) < 4.78 is 3.76. The van der Waals surface area contributed by atoms with E-state index in [1.807, 2.05) is 11.4 Å². The molecule has 0 atom stereocenters. The van der Waals surface area contributed by atoms with Crippen LogP contribution in [0.2, 0.25) is 0 Å². The maximum atomic E-state index is 10.0. The Bertz CT molecular complexity index is 344. The van der Waals surface area contributed by atoms with Gasteiger partial charge in [0.2, 0.25) is 0 Å². The molecule has 0 saturated heterocycles. The van der Waals surface area contributed by atoms with Crippen molar-refractivity contribution in [3.8, 4) is 0 Å². The third kappa shape index (κ3) is 3.77. The van der Waals surface area contributed by atoms with Crippen molar-refractivity contribution in [2.75, 3.05) is 0 Å². The van der Waals surface area contributed by atoms with Gasteiger partial charge in [0.05, 0.1) is 4.92 Å². The quantitative estimate of drug-likeness (QED) is 0.534. The van der Waals surface area contributed by atoms with Gasteiger partial charge in [0.15, 0.2) is 0 Å². The van der Waals surface area contributed by atoms with Crippen LogP contribution < -0.4 is 0 Å². The zero-order valence-corrected chi connectivity index (χ0v) is 8.05. The van der Waals surface area contributed by atoms with Gasteiger partial charge in [-0.25, -0.2) is 4.37 Å². The molecule has 0 saturated carbocycles. The van der Waals surface area contributed by atoms with Gasteiger partial charge in [-0.15, -0.1) is 0 Å². The molecule has 1 aromatic carbocycles. The molecule has 1 heterocycles. The molecule has 1 aromatic heterocycles. The Labute approximate surface area is 85.1 Å². The summed E-state index contributed by atoms with van der Waals surface area (Å²) in [6.07, 6.45) is 1.77. The molecule has 14 heavy (non-hydrogen) atoms. The molecule has 0 bridgehead atoms. The number of nitrogens with zero attached hydrogens (tertiary/aromatic N) is 2. The van der Waals surface area contributed by atoms with E-state index < -0.39 is 4.92 Å². The smallest absolute Gasteiger partial charge is 0.258 e. The van der Waals surface area contributed by atoms with Crippen molar-refractivity contribution < 1.29 is 4.92 Å². The molecule has 2 aromatic rings. The fourth-order valence-corrected chi connectivity index (χ4v) is 1.08. The average Bonchev–Trinajstić information content (AvgIpc) is 2.77. The number of rotatable bonds is 1. The molecular weight excluding hydrogens is 200 g/mol. The number of non-ortho nitro benzene ring substituents is 1. The molecule has 0 radical (unpaired) electrons. The van der Waals surface area contributed by atoms with Gasteiger partial charge in [-0.05, 0) is 17.6 Å². The monoisotopic (exact) mass is 208 g/mol. The van der Waals surface area contributed by atoms with E-state index in [1.165, 1.54) is 23.7 Å². The lowest BCUT2D eigenvalue weighted by atomic mass is 10.3. The summed E-state index contributed by atoms with van der Waals surface area (Å²) >= 11 is 1.46. The Balaban J connectivity index is 0.000000165. The largest absolute Gasteiger partial charge is 0.269 e. The Morgan fingerprint density at radius 1 is 1.21 bits per heavy atom. The van der Waals surface area contributed by atoms with Crippen molar-refractivity contribution in [1.82, 2.24) is 4.37 Å². The van der Waals surface area contributed by atoms with Crippen molar-refractivity contribution in [3.05, 3.63) is 58.1 Å². The standard InChI is InChI=1S/C6H5NO2.C3H3NS/c8-7(9)6-4-2-1-3-5-6;1-2-4-5-3-1/h1-5H;1-3H. The Hall–Kier alpha value is -1.75. The highest BCUT2D eigenvalue weighted by Crippen LogP contribution is 2.06. The number of para-hydroxylation sites is 1. The van der Waals surface area contributed by atoms with Crippen LogP contribution in [0.4, 0.5) is 5.69 Å². The lowest BCUT2D eigenvalue weighted by molar-refractivity contribution is -0.384. The van der Waals surface area contributed by atoms with Crippen molar-refractivity contribution in [1.29, 1.82) is 0 Å². The second-order valence-electron chi connectivity index (χ2n) is 2.28. The first-order chi connectivity index (χ1) is 6.80. The van der Waals surface area contributed by atoms with E-state index in [1.54, 1.807) is 24.4 Å². The number of nitro benzene ring substituents is 1. The molecule has 4 nitrogen and oxygen atoms in total. The lowest BCUT2D eigenvalue weighted by Crippen LogP contribution is -1.84. The van der Waals surface area contributed by atoms with Gasteiger partial charge in [-0.2, -0.15) is 0 Å². The van der Waals surface area contributed by atoms with Crippen LogP contribution in [0, 0.1) is 10.1 Å². The van der Waals surface area contributed by atoms with Crippen LogP contribution in [0.1, 0.15) is 0 Å². The van der Waals surface area contributed by atoms with Crippen LogP contribution >= 0.6 is 11.5 Å². The molecule has 0 fully saturated rings. The van der Waals surface area contributed by atoms with Crippen molar-refractivity contribution in [3.63, 3.8) is 0 Å². The number of nitro groups is 1. The fraction of sp³-hybridized carbons (Fsp3) is 0. The first kappa shape index (κ1) is 10.3. The van der Waals surface area contributed by atoms with Crippen LogP contribution in [0.5, 0.6) is 0 Å². The van der Waals surface area contributed by atoms with Crippen LogP contribution in [0.3, 0.4) is 0 Å². The summed E-state index contributed by atoms with van der Waals surface area (Å²) in [5.74, 6) is 0. The molecular formula is C9H8N2O2S. The lowest BCUT2D eigenvalue weighted by Gasteiger charge is -1.85. The summed E-state index contributed by atoms with van der Waals surface area (Å²) in [7, 11) is 0. The molecule has 0 N–H and O–H groups in total. The van der Waals surface area contributed by atoms with Gasteiger partial charge in [-0.3, -0.25) is 10.1 Å². The molecule has 5 heteroatoms. The minimum atomic E-state index is -0.417. The van der Waals surface area contributed by atoms with Gasteiger partial charge >= 0.3 is 0 Å². The number of hydrogen-bond donors (Lipinski definition) is 0. The molecule has 0 unspecified atom stereocenters. The first-order valence-corrected chi connectivity index (χ1v) is 4.68. The third-order valence-electron chi connectivity index (χ3n) is 1.31.